The monoisotopic (exact) mass is 281 g/mol. The van der Waals surface area contributed by atoms with E-state index in [1.54, 1.807) is 0 Å². The fourth-order valence-electron chi connectivity index (χ4n) is 4.18. The minimum atomic E-state index is 0.724. The molecule has 3 heterocycles. The van der Waals surface area contributed by atoms with Crippen molar-refractivity contribution in [3.63, 3.8) is 0 Å². The minimum absolute atomic E-state index is 0.724. The second kappa shape index (κ2) is 7.21. The molecule has 0 aliphatic carbocycles. The van der Waals surface area contributed by atoms with Crippen LogP contribution >= 0.6 is 0 Å². The van der Waals surface area contributed by atoms with E-state index in [4.69, 9.17) is 4.74 Å². The van der Waals surface area contributed by atoms with Gasteiger partial charge in [0.1, 0.15) is 0 Å². The van der Waals surface area contributed by atoms with E-state index >= 15 is 0 Å². The van der Waals surface area contributed by atoms with Crippen LogP contribution < -0.4 is 5.32 Å². The molecule has 3 rings (SSSR count). The highest BCUT2D eigenvalue weighted by molar-refractivity contribution is 4.89. The van der Waals surface area contributed by atoms with Crippen molar-refractivity contribution in [3.05, 3.63) is 0 Å². The molecule has 3 unspecified atom stereocenters. The van der Waals surface area contributed by atoms with Gasteiger partial charge in [-0.15, -0.1) is 0 Å². The highest BCUT2D eigenvalue weighted by atomic mass is 16.5. The van der Waals surface area contributed by atoms with E-state index in [-0.39, 0.29) is 0 Å². The molecule has 0 bridgehead atoms. The van der Waals surface area contributed by atoms with E-state index < -0.39 is 0 Å². The molecule has 0 amide bonds. The van der Waals surface area contributed by atoms with Crippen LogP contribution in [0, 0.1) is 5.92 Å². The van der Waals surface area contributed by atoms with Crippen LogP contribution in [0.25, 0.3) is 0 Å². The lowest BCUT2D eigenvalue weighted by Crippen LogP contribution is -2.57. The fraction of sp³-hybridized carbons (Fsp3) is 1.00. The summed E-state index contributed by atoms with van der Waals surface area (Å²) in [5.74, 6) is 0.842. The summed E-state index contributed by atoms with van der Waals surface area (Å²) in [5, 5.41) is 3.61. The summed E-state index contributed by atoms with van der Waals surface area (Å²) in [7, 11) is 0. The molecule has 1 N–H and O–H groups in total. The fourth-order valence-corrected chi connectivity index (χ4v) is 4.18. The van der Waals surface area contributed by atoms with Crippen LogP contribution in [-0.4, -0.2) is 74.4 Å². The molecule has 3 aliphatic rings. The SMILES string of the molecule is CC1CCCCN1CC1CCNCC1N1CCOCC1. The van der Waals surface area contributed by atoms with Crippen molar-refractivity contribution in [1.29, 1.82) is 0 Å². The molecule has 0 saturated carbocycles. The molecular weight excluding hydrogens is 250 g/mol. The molecule has 3 saturated heterocycles. The smallest absolute Gasteiger partial charge is 0.0594 e. The van der Waals surface area contributed by atoms with Gasteiger partial charge in [0, 0.05) is 38.3 Å². The Hall–Kier alpha value is -0.160. The van der Waals surface area contributed by atoms with Gasteiger partial charge in [-0.2, -0.15) is 0 Å². The van der Waals surface area contributed by atoms with Gasteiger partial charge in [-0.05, 0) is 45.2 Å². The number of nitrogens with zero attached hydrogens (tertiary/aromatic N) is 2. The van der Waals surface area contributed by atoms with Crippen LogP contribution in [0.2, 0.25) is 0 Å². The molecule has 0 aromatic rings. The topological polar surface area (TPSA) is 27.7 Å². The summed E-state index contributed by atoms with van der Waals surface area (Å²) < 4.78 is 5.52. The summed E-state index contributed by atoms with van der Waals surface area (Å²) in [6.07, 6.45) is 5.56. The van der Waals surface area contributed by atoms with Crippen LogP contribution in [0.3, 0.4) is 0 Å². The largest absolute Gasteiger partial charge is 0.379 e. The van der Waals surface area contributed by atoms with E-state index in [0.717, 1.165) is 44.3 Å². The minimum Gasteiger partial charge on any atom is -0.379 e. The van der Waals surface area contributed by atoms with Crippen LogP contribution in [0.5, 0.6) is 0 Å². The van der Waals surface area contributed by atoms with Gasteiger partial charge in [0.05, 0.1) is 13.2 Å². The van der Waals surface area contributed by atoms with Crippen molar-refractivity contribution >= 4 is 0 Å². The zero-order valence-corrected chi connectivity index (χ0v) is 13.0. The Morgan fingerprint density at radius 1 is 1.10 bits per heavy atom. The van der Waals surface area contributed by atoms with Gasteiger partial charge < -0.3 is 15.0 Å². The van der Waals surface area contributed by atoms with Crippen LogP contribution in [-0.2, 0) is 4.74 Å². The number of hydrogen-bond acceptors (Lipinski definition) is 4. The van der Waals surface area contributed by atoms with Gasteiger partial charge in [0.2, 0.25) is 0 Å². The highest BCUT2D eigenvalue weighted by Crippen LogP contribution is 2.24. The summed E-state index contributed by atoms with van der Waals surface area (Å²) in [5.41, 5.74) is 0. The molecule has 3 aliphatic heterocycles. The molecule has 116 valence electrons. The van der Waals surface area contributed by atoms with Gasteiger partial charge >= 0.3 is 0 Å². The Bertz CT molecular complexity index is 293. The number of rotatable bonds is 3. The second-order valence-electron chi connectivity index (χ2n) is 6.81. The number of morpholine rings is 1. The Labute approximate surface area is 123 Å². The van der Waals surface area contributed by atoms with Gasteiger partial charge in [-0.3, -0.25) is 4.90 Å². The van der Waals surface area contributed by atoms with E-state index in [1.165, 1.54) is 51.9 Å². The average Bonchev–Trinajstić information content (AvgIpc) is 2.51. The van der Waals surface area contributed by atoms with Crippen LogP contribution in [0.4, 0.5) is 0 Å². The van der Waals surface area contributed by atoms with Gasteiger partial charge in [0.15, 0.2) is 0 Å². The molecule has 3 fully saturated rings. The Morgan fingerprint density at radius 3 is 2.75 bits per heavy atom. The first kappa shape index (κ1) is 14.8. The molecule has 4 nitrogen and oxygen atoms in total. The molecule has 3 atom stereocenters. The maximum absolute atomic E-state index is 5.52. The second-order valence-corrected chi connectivity index (χ2v) is 6.81. The van der Waals surface area contributed by atoms with E-state index in [0.29, 0.717) is 0 Å². The van der Waals surface area contributed by atoms with Gasteiger partial charge in [0.25, 0.3) is 0 Å². The lowest BCUT2D eigenvalue weighted by atomic mass is 9.89. The molecule has 0 spiro atoms. The van der Waals surface area contributed by atoms with Gasteiger partial charge in [-0.25, -0.2) is 0 Å². The summed E-state index contributed by atoms with van der Waals surface area (Å²) >= 11 is 0. The number of hydrogen-bond donors (Lipinski definition) is 1. The Kier molecular flexibility index (Phi) is 5.32. The van der Waals surface area contributed by atoms with Crippen molar-refractivity contribution in [2.24, 2.45) is 5.92 Å². The first-order chi connectivity index (χ1) is 9.84. The third-order valence-electron chi connectivity index (χ3n) is 5.51. The Balaban J connectivity index is 1.59. The zero-order valence-electron chi connectivity index (χ0n) is 13.0. The molecular formula is C16H31N3O. The number of nitrogens with one attached hydrogen (secondary N) is 1. The van der Waals surface area contributed by atoms with Crippen molar-refractivity contribution in [2.45, 2.75) is 44.7 Å². The summed E-state index contributed by atoms with van der Waals surface area (Å²) in [4.78, 5) is 5.43. The maximum Gasteiger partial charge on any atom is 0.0594 e. The lowest BCUT2D eigenvalue weighted by molar-refractivity contribution is -0.0123. The molecule has 4 heteroatoms. The molecule has 0 aromatic carbocycles. The van der Waals surface area contributed by atoms with Crippen molar-refractivity contribution in [3.8, 4) is 0 Å². The summed E-state index contributed by atoms with van der Waals surface area (Å²) in [6, 6.07) is 1.52. The number of ether oxygens (including phenoxy) is 1. The van der Waals surface area contributed by atoms with Crippen molar-refractivity contribution in [2.75, 3.05) is 52.5 Å². The lowest BCUT2D eigenvalue weighted by Gasteiger charge is -2.45. The third kappa shape index (κ3) is 3.53. The molecule has 0 aromatic heterocycles. The predicted octanol–water partition coefficient (Wildman–Crippen LogP) is 1.17. The highest BCUT2D eigenvalue weighted by Gasteiger charge is 2.33. The average molecular weight is 281 g/mol. The normalized spacial score (nSPS) is 38.0. The zero-order chi connectivity index (χ0) is 13.8. The van der Waals surface area contributed by atoms with Gasteiger partial charge in [-0.1, -0.05) is 6.42 Å². The van der Waals surface area contributed by atoms with E-state index in [2.05, 4.69) is 22.0 Å². The number of piperidine rings is 2. The Morgan fingerprint density at radius 2 is 1.95 bits per heavy atom. The molecule has 20 heavy (non-hydrogen) atoms. The first-order valence-electron chi connectivity index (χ1n) is 8.61. The summed E-state index contributed by atoms with van der Waals surface area (Å²) in [6.45, 7) is 11.5. The quantitative estimate of drug-likeness (QED) is 0.840. The maximum atomic E-state index is 5.52. The molecule has 0 radical (unpaired) electrons. The van der Waals surface area contributed by atoms with Crippen molar-refractivity contribution < 1.29 is 4.74 Å². The van der Waals surface area contributed by atoms with E-state index in [9.17, 15) is 0 Å². The van der Waals surface area contributed by atoms with Crippen LogP contribution in [0.15, 0.2) is 0 Å². The van der Waals surface area contributed by atoms with Crippen molar-refractivity contribution in [1.82, 2.24) is 15.1 Å². The standard InChI is InChI=1S/C16H31N3O/c1-14-4-2-3-7-19(14)13-15-5-6-17-12-16(15)18-8-10-20-11-9-18/h14-17H,2-13H2,1H3. The van der Waals surface area contributed by atoms with Crippen LogP contribution in [0.1, 0.15) is 32.6 Å². The predicted molar refractivity (Wildman–Crippen MR) is 82.0 cm³/mol. The number of likely N-dealkylation sites (tertiary alicyclic amines) is 1. The first-order valence-corrected chi connectivity index (χ1v) is 8.61. The third-order valence-corrected chi connectivity index (χ3v) is 5.51. The van der Waals surface area contributed by atoms with E-state index in [1.807, 2.05) is 0 Å².